The maximum Gasteiger partial charge on any atom is 0.330 e. The number of Topliss-reactive ketones (excluding diaryl/α,β-unsaturated/α-hetero) is 1. The number of ketones is 1. The van der Waals surface area contributed by atoms with Gasteiger partial charge in [0.2, 0.25) is 0 Å². The normalized spacial score (nSPS) is 14.1. The van der Waals surface area contributed by atoms with E-state index in [-0.39, 0.29) is 26.7 Å². The molecule has 1 aliphatic heterocycles. The van der Waals surface area contributed by atoms with Crippen LogP contribution in [0.5, 0.6) is 0 Å². The van der Waals surface area contributed by atoms with Crippen molar-refractivity contribution >= 4 is 46.8 Å². The Balaban J connectivity index is 1.79. The van der Waals surface area contributed by atoms with E-state index in [0.29, 0.717) is 0 Å². The summed E-state index contributed by atoms with van der Waals surface area (Å²) in [6, 6.07) is 6.06. The molecule has 0 aromatic heterocycles. The highest BCUT2D eigenvalue weighted by Crippen LogP contribution is 2.33. The molecule has 2 aromatic rings. The number of benzene rings is 2. The maximum atomic E-state index is 13.0. The van der Waals surface area contributed by atoms with E-state index < -0.39 is 48.0 Å². The third-order valence-electron chi connectivity index (χ3n) is 4.62. The molecule has 6 nitrogen and oxygen atoms in total. The van der Waals surface area contributed by atoms with Crippen LogP contribution in [-0.4, -0.2) is 41.1 Å². The molecule has 0 unspecified atom stereocenters. The van der Waals surface area contributed by atoms with Crippen molar-refractivity contribution in [3.63, 3.8) is 0 Å². The van der Waals surface area contributed by atoms with E-state index in [2.05, 4.69) is 0 Å². The molecule has 30 heavy (non-hydrogen) atoms. The summed E-state index contributed by atoms with van der Waals surface area (Å²) in [6.45, 7) is 2.66. The lowest BCUT2D eigenvalue weighted by atomic mass is 10.0. The molecule has 1 atom stereocenters. The van der Waals surface area contributed by atoms with Crippen molar-refractivity contribution in [2.75, 3.05) is 6.61 Å². The van der Waals surface area contributed by atoms with Gasteiger partial charge in [-0.3, -0.25) is 19.3 Å². The summed E-state index contributed by atoms with van der Waals surface area (Å²) in [7, 11) is 0. The quantitative estimate of drug-likeness (QED) is 0.373. The van der Waals surface area contributed by atoms with Crippen molar-refractivity contribution in [3.8, 4) is 0 Å². The lowest BCUT2D eigenvalue weighted by Gasteiger charge is -2.27. The number of carbonyl (C=O) groups excluding carboxylic acids is 4. The second-order valence-electron chi connectivity index (χ2n) is 7.02. The first-order valence-electron chi connectivity index (χ1n) is 8.94. The molecule has 2 amide bonds. The summed E-state index contributed by atoms with van der Waals surface area (Å²) in [5, 5.41) is 0.207. The predicted molar refractivity (Wildman–Crippen MR) is 107 cm³/mol. The molecule has 3 rings (SSSR count). The van der Waals surface area contributed by atoms with E-state index >= 15 is 0 Å². The number of hydrogen-bond acceptors (Lipinski definition) is 5. The topological polar surface area (TPSA) is 80.8 Å². The number of imide groups is 1. The largest absolute Gasteiger partial charge is 0.456 e. The molecular weight excluding hydrogens is 436 g/mol. The van der Waals surface area contributed by atoms with Crippen LogP contribution in [0.2, 0.25) is 10.0 Å². The van der Waals surface area contributed by atoms with Gasteiger partial charge in [0.15, 0.2) is 12.4 Å². The fourth-order valence-electron chi connectivity index (χ4n) is 3.12. The van der Waals surface area contributed by atoms with Crippen LogP contribution >= 0.6 is 23.2 Å². The van der Waals surface area contributed by atoms with Gasteiger partial charge in [-0.1, -0.05) is 37.0 Å². The molecule has 1 aliphatic rings. The number of carbonyl (C=O) groups is 4. The zero-order chi connectivity index (χ0) is 22.2. The Bertz CT molecular complexity index is 1010. The Hall–Kier alpha value is -2.77. The monoisotopic (exact) mass is 451 g/mol. The number of rotatable bonds is 6. The summed E-state index contributed by atoms with van der Waals surface area (Å²) in [6.07, 6.45) is 0. The Labute approximate surface area is 181 Å². The average Bonchev–Trinajstić information content (AvgIpc) is 2.92. The second kappa shape index (κ2) is 8.53. The predicted octanol–water partition coefficient (Wildman–Crippen LogP) is 4.18. The Morgan fingerprint density at radius 1 is 1.00 bits per heavy atom. The first-order valence-corrected chi connectivity index (χ1v) is 9.69. The third-order valence-corrected chi connectivity index (χ3v) is 5.34. The number of hydrogen-bond donors (Lipinski definition) is 0. The highest BCUT2D eigenvalue weighted by Gasteiger charge is 2.45. The highest BCUT2D eigenvalue weighted by molar-refractivity contribution is 6.43. The van der Waals surface area contributed by atoms with Gasteiger partial charge in [-0.05, 0) is 42.3 Å². The van der Waals surface area contributed by atoms with Crippen LogP contribution in [0.3, 0.4) is 0 Å². The maximum absolute atomic E-state index is 13.0. The number of halogens is 3. The molecular formula is C21H16Cl2FNO5. The minimum Gasteiger partial charge on any atom is -0.456 e. The molecule has 0 saturated carbocycles. The third kappa shape index (κ3) is 4.08. The summed E-state index contributed by atoms with van der Waals surface area (Å²) in [5.41, 5.74) is 0.237. The molecule has 0 radical (unpaired) electrons. The van der Waals surface area contributed by atoms with Crippen molar-refractivity contribution < 1.29 is 28.3 Å². The van der Waals surface area contributed by atoms with Crippen LogP contribution in [0.4, 0.5) is 4.39 Å². The zero-order valence-electron chi connectivity index (χ0n) is 15.9. The van der Waals surface area contributed by atoms with Crippen molar-refractivity contribution in [1.29, 1.82) is 0 Å². The van der Waals surface area contributed by atoms with Crippen LogP contribution in [0, 0.1) is 11.7 Å². The zero-order valence-corrected chi connectivity index (χ0v) is 17.5. The first kappa shape index (κ1) is 21.9. The standard InChI is InChI=1S/C21H16Cl2FNO5/c1-10(2)18(21(29)30-9-17(26)11-3-5-12(24)6-4-11)25-19(27)13-7-15(22)16(23)8-14(13)20(25)28/h3-8,10,18H,9H2,1-2H3/t18-/m0/s1. The van der Waals surface area contributed by atoms with Crippen molar-refractivity contribution in [3.05, 3.63) is 69.0 Å². The summed E-state index contributed by atoms with van der Waals surface area (Å²) in [5.74, 6) is -3.86. The number of esters is 1. The van der Waals surface area contributed by atoms with E-state index in [9.17, 15) is 23.6 Å². The van der Waals surface area contributed by atoms with Crippen molar-refractivity contribution in [2.24, 2.45) is 5.92 Å². The average molecular weight is 452 g/mol. The number of ether oxygens (including phenoxy) is 1. The lowest BCUT2D eigenvalue weighted by Crippen LogP contribution is -2.49. The van der Waals surface area contributed by atoms with E-state index in [4.69, 9.17) is 27.9 Å². The number of nitrogens with zero attached hydrogens (tertiary/aromatic N) is 1. The van der Waals surface area contributed by atoms with E-state index in [1.165, 1.54) is 24.3 Å². The van der Waals surface area contributed by atoms with Crippen LogP contribution in [0.25, 0.3) is 0 Å². The van der Waals surface area contributed by atoms with Crippen LogP contribution in [0.1, 0.15) is 44.9 Å². The SMILES string of the molecule is CC(C)[C@@H](C(=O)OCC(=O)c1ccc(F)cc1)N1C(=O)c2cc(Cl)c(Cl)cc2C1=O. The molecule has 0 fully saturated rings. The Morgan fingerprint density at radius 3 is 1.97 bits per heavy atom. The summed E-state index contributed by atoms with van der Waals surface area (Å²) < 4.78 is 18.1. The Kier molecular flexibility index (Phi) is 6.24. The molecule has 9 heteroatoms. The molecule has 156 valence electrons. The van der Waals surface area contributed by atoms with Crippen LogP contribution < -0.4 is 0 Å². The molecule has 0 aliphatic carbocycles. The van der Waals surface area contributed by atoms with E-state index in [0.717, 1.165) is 17.0 Å². The fourth-order valence-corrected chi connectivity index (χ4v) is 3.45. The summed E-state index contributed by atoms with van der Waals surface area (Å²) in [4.78, 5) is 51.3. The molecule has 0 spiro atoms. The molecule has 2 aromatic carbocycles. The van der Waals surface area contributed by atoms with Gasteiger partial charge < -0.3 is 4.74 Å². The summed E-state index contributed by atoms with van der Waals surface area (Å²) >= 11 is 11.9. The molecule has 1 heterocycles. The van der Waals surface area contributed by atoms with Gasteiger partial charge >= 0.3 is 5.97 Å². The lowest BCUT2D eigenvalue weighted by molar-refractivity contribution is -0.148. The second-order valence-corrected chi connectivity index (χ2v) is 7.83. The van der Waals surface area contributed by atoms with Gasteiger partial charge in [-0.15, -0.1) is 0 Å². The van der Waals surface area contributed by atoms with Gasteiger partial charge in [-0.25, -0.2) is 9.18 Å². The minimum atomic E-state index is -1.25. The minimum absolute atomic E-state index is 0.0373. The molecule has 0 N–H and O–H groups in total. The van der Waals surface area contributed by atoms with E-state index in [1.807, 2.05) is 0 Å². The van der Waals surface area contributed by atoms with Gasteiger partial charge in [0, 0.05) is 5.56 Å². The van der Waals surface area contributed by atoms with Gasteiger partial charge in [0.1, 0.15) is 11.9 Å². The van der Waals surface area contributed by atoms with Gasteiger partial charge in [0.05, 0.1) is 21.2 Å². The van der Waals surface area contributed by atoms with Crippen LogP contribution in [-0.2, 0) is 9.53 Å². The van der Waals surface area contributed by atoms with Crippen molar-refractivity contribution in [1.82, 2.24) is 4.90 Å². The smallest absolute Gasteiger partial charge is 0.330 e. The molecule has 0 saturated heterocycles. The van der Waals surface area contributed by atoms with Crippen LogP contribution in [0.15, 0.2) is 36.4 Å². The van der Waals surface area contributed by atoms with Crippen molar-refractivity contribution in [2.45, 2.75) is 19.9 Å². The molecule has 0 bridgehead atoms. The first-order chi connectivity index (χ1) is 14.1. The fraction of sp³-hybridized carbons (Fsp3) is 0.238. The Morgan fingerprint density at radius 2 is 1.50 bits per heavy atom. The van der Waals surface area contributed by atoms with E-state index in [1.54, 1.807) is 13.8 Å². The van der Waals surface area contributed by atoms with Gasteiger partial charge in [0.25, 0.3) is 11.8 Å². The highest BCUT2D eigenvalue weighted by atomic mass is 35.5. The van der Waals surface area contributed by atoms with Gasteiger partial charge in [-0.2, -0.15) is 0 Å². The number of fused-ring (bicyclic) bond motifs is 1. The number of amides is 2.